The van der Waals surface area contributed by atoms with Crippen LogP contribution in [0.25, 0.3) is 0 Å². The molecule has 2 rings (SSSR count). The smallest absolute Gasteiger partial charge is 0.193 e. The van der Waals surface area contributed by atoms with E-state index in [0.717, 1.165) is 18.2 Å². The molecule has 0 aromatic heterocycles. The Morgan fingerprint density at radius 1 is 1.25 bits per heavy atom. The highest BCUT2D eigenvalue weighted by atomic mass is 28.3. The minimum absolute atomic E-state index is 0.358. The van der Waals surface area contributed by atoms with Crippen molar-refractivity contribution in [3.63, 3.8) is 0 Å². The normalized spacial score (nSPS) is 40.9. The second-order valence-electron chi connectivity index (χ2n) is 6.22. The maximum atomic E-state index is 6.11. The number of hydrogen-bond acceptors (Lipinski definition) is 2. The molecule has 0 aromatic carbocycles. The minimum atomic E-state index is -0.949. The molecular weight excluding hydrogens is 214 g/mol. The van der Waals surface area contributed by atoms with Crippen molar-refractivity contribution in [1.82, 2.24) is 4.90 Å². The number of hydrogen-bond donors (Lipinski definition) is 0. The fourth-order valence-electron chi connectivity index (χ4n) is 3.25. The third kappa shape index (κ3) is 2.22. The van der Waals surface area contributed by atoms with Crippen molar-refractivity contribution in [2.24, 2.45) is 5.92 Å². The van der Waals surface area contributed by atoms with Gasteiger partial charge in [-0.1, -0.05) is 13.3 Å². The van der Waals surface area contributed by atoms with Crippen molar-refractivity contribution in [3.05, 3.63) is 0 Å². The fourth-order valence-corrected chi connectivity index (χ4v) is 6.63. The lowest BCUT2D eigenvalue weighted by Gasteiger charge is -2.51. The van der Waals surface area contributed by atoms with Crippen LogP contribution in [0.1, 0.15) is 46.5 Å². The first-order chi connectivity index (χ1) is 7.53. The van der Waals surface area contributed by atoms with Crippen LogP contribution in [-0.2, 0) is 4.43 Å². The number of likely N-dealkylation sites (tertiary alicyclic amines) is 1. The first kappa shape index (κ1) is 12.6. The Morgan fingerprint density at radius 3 is 2.62 bits per heavy atom. The van der Waals surface area contributed by atoms with Crippen molar-refractivity contribution >= 4 is 9.04 Å². The molecule has 3 unspecified atom stereocenters. The average molecular weight is 241 g/mol. The summed E-state index contributed by atoms with van der Waals surface area (Å²) in [6, 6.07) is 1.40. The van der Waals surface area contributed by atoms with Crippen molar-refractivity contribution in [2.75, 3.05) is 13.7 Å². The highest BCUT2D eigenvalue weighted by Gasteiger charge is 2.42. The quantitative estimate of drug-likeness (QED) is 0.654. The maximum Gasteiger partial charge on any atom is 0.193 e. The highest BCUT2D eigenvalue weighted by Crippen LogP contribution is 2.37. The molecule has 2 fully saturated rings. The second kappa shape index (κ2) is 4.79. The SMILES string of the molecule is CC1CCC([SiH]2CCCCO2)N(C)C1(C)C. The summed E-state index contributed by atoms with van der Waals surface area (Å²) < 4.78 is 6.11. The summed E-state index contributed by atoms with van der Waals surface area (Å²) >= 11 is 0. The van der Waals surface area contributed by atoms with E-state index in [1.165, 1.54) is 31.7 Å². The van der Waals surface area contributed by atoms with Crippen LogP contribution >= 0.6 is 0 Å². The molecule has 2 heterocycles. The summed E-state index contributed by atoms with van der Waals surface area (Å²) in [5.74, 6) is 0.811. The van der Waals surface area contributed by atoms with E-state index < -0.39 is 9.04 Å². The van der Waals surface area contributed by atoms with Gasteiger partial charge >= 0.3 is 0 Å². The molecule has 0 saturated carbocycles. The summed E-state index contributed by atoms with van der Waals surface area (Å²) in [4.78, 5) is 2.64. The third-order valence-corrected chi connectivity index (χ3v) is 8.43. The summed E-state index contributed by atoms with van der Waals surface area (Å²) in [6.45, 7) is 8.25. The van der Waals surface area contributed by atoms with Crippen molar-refractivity contribution in [2.45, 2.75) is 63.7 Å². The molecule has 3 heteroatoms. The van der Waals surface area contributed by atoms with Gasteiger partial charge in [-0.2, -0.15) is 0 Å². The Labute approximate surface area is 102 Å². The third-order valence-electron chi connectivity index (χ3n) is 5.15. The van der Waals surface area contributed by atoms with Gasteiger partial charge in [0.25, 0.3) is 0 Å². The predicted octanol–water partition coefficient (Wildman–Crippen LogP) is 2.57. The zero-order valence-electron chi connectivity index (χ0n) is 11.3. The Kier molecular flexibility index (Phi) is 3.77. The van der Waals surface area contributed by atoms with Crippen molar-refractivity contribution < 1.29 is 4.43 Å². The molecule has 2 aliphatic heterocycles. The van der Waals surface area contributed by atoms with E-state index in [9.17, 15) is 0 Å². The molecule has 0 amide bonds. The van der Waals surface area contributed by atoms with Crippen LogP contribution in [0.4, 0.5) is 0 Å². The first-order valence-electron chi connectivity index (χ1n) is 6.88. The van der Waals surface area contributed by atoms with Crippen LogP contribution < -0.4 is 0 Å². The van der Waals surface area contributed by atoms with Gasteiger partial charge in [-0.25, -0.2) is 0 Å². The Balaban J connectivity index is 2.05. The van der Waals surface area contributed by atoms with Gasteiger partial charge in [0.15, 0.2) is 9.04 Å². The number of piperidine rings is 1. The summed E-state index contributed by atoms with van der Waals surface area (Å²) in [7, 11) is 1.38. The van der Waals surface area contributed by atoms with Gasteiger partial charge < -0.3 is 4.43 Å². The molecule has 0 N–H and O–H groups in total. The Hall–Kier alpha value is 0.137. The molecular formula is C13H27NOSi. The molecule has 2 nitrogen and oxygen atoms in total. The largest absolute Gasteiger partial charge is 0.418 e. The molecule has 0 bridgehead atoms. The Morgan fingerprint density at radius 2 is 2.00 bits per heavy atom. The van der Waals surface area contributed by atoms with Crippen LogP contribution in [0.5, 0.6) is 0 Å². The van der Waals surface area contributed by atoms with Gasteiger partial charge in [-0.3, -0.25) is 4.90 Å². The molecule has 16 heavy (non-hydrogen) atoms. The molecule has 2 aliphatic rings. The van der Waals surface area contributed by atoms with Gasteiger partial charge in [0.1, 0.15) is 0 Å². The summed E-state index contributed by atoms with van der Waals surface area (Å²) in [5, 5.41) is 0. The van der Waals surface area contributed by atoms with Crippen molar-refractivity contribution in [3.8, 4) is 0 Å². The number of rotatable bonds is 1. The monoisotopic (exact) mass is 241 g/mol. The van der Waals surface area contributed by atoms with E-state index in [-0.39, 0.29) is 0 Å². The van der Waals surface area contributed by atoms with Gasteiger partial charge in [-0.15, -0.1) is 0 Å². The van der Waals surface area contributed by atoms with E-state index in [4.69, 9.17) is 4.43 Å². The molecule has 3 atom stereocenters. The van der Waals surface area contributed by atoms with Gasteiger partial charge in [0.05, 0.1) is 0 Å². The Bertz CT molecular complexity index is 238. The number of nitrogens with zero attached hydrogens (tertiary/aromatic N) is 1. The van der Waals surface area contributed by atoms with E-state index >= 15 is 0 Å². The topological polar surface area (TPSA) is 12.5 Å². The van der Waals surface area contributed by atoms with Crippen LogP contribution in [-0.4, -0.2) is 38.8 Å². The zero-order chi connectivity index (χ0) is 11.8. The lowest BCUT2D eigenvalue weighted by atomic mass is 9.81. The molecule has 94 valence electrons. The van der Waals surface area contributed by atoms with Gasteiger partial charge in [-0.05, 0) is 52.1 Å². The van der Waals surface area contributed by atoms with Crippen LogP contribution in [0.15, 0.2) is 0 Å². The van der Waals surface area contributed by atoms with E-state index in [1.807, 2.05) is 0 Å². The summed E-state index contributed by atoms with van der Waals surface area (Å²) in [6.07, 6.45) is 5.46. The molecule has 0 aliphatic carbocycles. The van der Waals surface area contributed by atoms with Crippen LogP contribution in [0.3, 0.4) is 0 Å². The van der Waals surface area contributed by atoms with Gasteiger partial charge in [0.2, 0.25) is 0 Å². The average Bonchev–Trinajstić information content (AvgIpc) is 2.28. The van der Waals surface area contributed by atoms with E-state index in [1.54, 1.807) is 0 Å². The van der Waals surface area contributed by atoms with Crippen molar-refractivity contribution in [1.29, 1.82) is 0 Å². The highest BCUT2D eigenvalue weighted by molar-refractivity contribution is 6.53. The summed E-state index contributed by atoms with van der Waals surface area (Å²) in [5.41, 5.74) is 1.14. The van der Waals surface area contributed by atoms with E-state index in [2.05, 4.69) is 32.7 Å². The standard InChI is InChI=1S/C13H27NOSi/c1-11-7-8-12(14(4)13(11,2)3)16-10-6-5-9-15-16/h11-12,16H,5-10H2,1-4H3. The molecule has 0 aromatic rings. The maximum absolute atomic E-state index is 6.11. The van der Waals surface area contributed by atoms with E-state index in [0.29, 0.717) is 5.54 Å². The molecule has 0 radical (unpaired) electrons. The first-order valence-corrected chi connectivity index (χ1v) is 8.83. The fraction of sp³-hybridized carbons (Fsp3) is 1.00. The zero-order valence-corrected chi connectivity index (χ0v) is 12.5. The second-order valence-corrected chi connectivity index (χ2v) is 8.97. The minimum Gasteiger partial charge on any atom is -0.418 e. The predicted molar refractivity (Wildman–Crippen MR) is 71.2 cm³/mol. The lowest BCUT2D eigenvalue weighted by Crippen LogP contribution is -2.60. The van der Waals surface area contributed by atoms with Gasteiger partial charge in [0, 0.05) is 17.8 Å². The van der Waals surface area contributed by atoms with Crippen LogP contribution in [0.2, 0.25) is 6.04 Å². The lowest BCUT2D eigenvalue weighted by molar-refractivity contribution is 0.0270. The molecule has 2 saturated heterocycles. The molecule has 0 spiro atoms. The van der Waals surface area contributed by atoms with Crippen LogP contribution in [0, 0.1) is 5.92 Å².